The minimum Gasteiger partial charge on any atom is -0.406 e. The third-order valence-corrected chi connectivity index (χ3v) is 2.42. The van der Waals surface area contributed by atoms with Crippen molar-refractivity contribution in [2.24, 2.45) is 0 Å². The molecule has 0 spiro atoms. The first kappa shape index (κ1) is 13.0. The zero-order valence-electron chi connectivity index (χ0n) is 7.45. The number of benzene rings is 1. The monoisotopic (exact) mass is 272 g/mol. The number of rotatable bonds is 2. The van der Waals surface area contributed by atoms with Gasteiger partial charge in [-0.1, -0.05) is 0 Å². The summed E-state index contributed by atoms with van der Waals surface area (Å²) in [7, 11) is 2.80. The Bertz CT molecular complexity index is 416. The normalized spacial score (nSPS) is 13.2. The van der Waals surface area contributed by atoms with E-state index in [4.69, 9.17) is 10.7 Å². The number of carbonyl (C=O) groups is 1. The fourth-order valence-corrected chi connectivity index (χ4v) is 1.47. The summed E-state index contributed by atoms with van der Waals surface area (Å²) >= 11 is 0. The van der Waals surface area contributed by atoms with Gasteiger partial charge in [-0.25, -0.2) is 4.21 Å². The first-order valence-corrected chi connectivity index (χ1v) is 5.75. The molecule has 1 rings (SSSR count). The first-order valence-electron chi connectivity index (χ1n) is 3.78. The van der Waals surface area contributed by atoms with E-state index < -0.39 is 27.2 Å². The van der Waals surface area contributed by atoms with Crippen molar-refractivity contribution >= 4 is 25.8 Å². The second-order valence-corrected chi connectivity index (χ2v) is 4.24. The number of carbonyl (C=O) groups excluding carboxylic acids is 1. The molecule has 0 aliphatic carbocycles. The van der Waals surface area contributed by atoms with Crippen LogP contribution in [0.3, 0.4) is 0 Å². The molecule has 0 fully saturated rings. The molecular weight excluding hydrogens is 269 g/mol. The van der Waals surface area contributed by atoms with E-state index in [1.807, 2.05) is 0 Å². The number of halogens is 4. The van der Waals surface area contributed by atoms with Gasteiger partial charge in [0.2, 0.25) is 0 Å². The molecule has 0 radical (unpaired) electrons. The fourth-order valence-electron chi connectivity index (χ4n) is 0.885. The van der Waals surface area contributed by atoms with Crippen LogP contribution in [0.15, 0.2) is 24.3 Å². The van der Waals surface area contributed by atoms with Gasteiger partial charge < -0.3 is 4.74 Å². The second kappa shape index (κ2) is 4.84. The molecule has 0 amide bonds. The third-order valence-electron chi connectivity index (χ3n) is 1.47. The van der Waals surface area contributed by atoms with Crippen LogP contribution in [-0.2, 0) is 10.0 Å². The lowest BCUT2D eigenvalue weighted by Crippen LogP contribution is -2.17. The molecule has 0 bridgehead atoms. The van der Waals surface area contributed by atoms with Gasteiger partial charge in [0, 0.05) is 5.56 Å². The van der Waals surface area contributed by atoms with Crippen LogP contribution < -0.4 is 4.74 Å². The zero-order valence-corrected chi connectivity index (χ0v) is 9.03. The molecule has 0 saturated carbocycles. The summed E-state index contributed by atoms with van der Waals surface area (Å²) in [5.41, 5.74) is -0.0529. The Morgan fingerprint density at radius 1 is 1.25 bits per heavy atom. The molecule has 3 nitrogen and oxygen atoms in total. The van der Waals surface area contributed by atoms with E-state index in [1.54, 1.807) is 0 Å². The van der Waals surface area contributed by atoms with Crippen LogP contribution in [0, 0.1) is 0 Å². The molecule has 0 aromatic heterocycles. The Hall–Kier alpha value is -1.08. The maximum absolute atomic E-state index is 11.8. The van der Waals surface area contributed by atoms with E-state index in [-0.39, 0.29) is 5.56 Å². The molecule has 0 aliphatic heterocycles. The van der Waals surface area contributed by atoms with Crippen molar-refractivity contribution in [1.82, 2.24) is 0 Å². The van der Waals surface area contributed by atoms with Crippen molar-refractivity contribution < 1.29 is 26.9 Å². The summed E-state index contributed by atoms with van der Waals surface area (Å²) in [5.74, 6) is -0.468. The van der Waals surface area contributed by atoms with E-state index in [0.717, 1.165) is 24.3 Å². The second-order valence-electron chi connectivity index (χ2n) is 2.58. The summed E-state index contributed by atoms with van der Waals surface area (Å²) < 4.78 is 49.5. The number of hydrogen-bond acceptors (Lipinski definition) is 3. The lowest BCUT2D eigenvalue weighted by molar-refractivity contribution is -0.274. The van der Waals surface area contributed by atoms with Crippen molar-refractivity contribution in [2.45, 2.75) is 6.36 Å². The van der Waals surface area contributed by atoms with Crippen LogP contribution in [0.4, 0.5) is 13.2 Å². The highest BCUT2D eigenvalue weighted by molar-refractivity contribution is 8.20. The summed E-state index contributed by atoms with van der Waals surface area (Å²) in [5, 5.41) is -0.875. The molecule has 0 aliphatic rings. The van der Waals surface area contributed by atoms with E-state index in [9.17, 15) is 22.2 Å². The van der Waals surface area contributed by atoms with Gasteiger partial charge in [-0.05, 0) is 34.9 Å². The van der Waals surface area contributed by atoms with Gasteiger partial charge in [0.15, 0.2) is 10.0 Å². The maximum atomic E-state index is 11.8. The van der Waals surface area contributed by atoms with Crippen molar-refractivity contribution in [3.05, 3.63) is 29.8 Å². The molecule has 1 aromatic carbocycles. The summed E-state index contributed by atoms with van der Waals surface area (Å²) in [6.07, 6.45) is -4.79. The Morgan fingerprint density at radius 2 is 1.75 bits per heavy atom. The van der Waals surface area contributed by atoms with E-state index >= 15 is 0 Å². The predicted octanol–water partition coefficient (Wildman–Crippen LogP) is 2.63. The van der Waals surface area contributed by atoms with E-state index in [0.29, 0.717) is 0 Å². The topological polar surface area (TPSA) is 43.4 Å². The molecule has 0 heterocycles. The fraction of sp³-hybridized carbons (Fsp3) is 0.125. The van der Waals surface area contributed by atoms with Gasteiger partial charge in [0.05, 0.1) is 0 Å². The van der Waals surface area contributed by atoms with E-state index in [2.05, 4.69) is 4.74 Å². The summed E-state index contributed by atoms with van der Waals surface area (Å²) in [6, 6.07) is 3.96. The maximum Gasteiger partial charge on any atom is 0.573 e. The van der Waals surface area contributed by atoms with Gasteiger partial charge in [0.1, 0.15) is 5.75 Å². The average Bonchev–Trinajstić information content (AvgIpc) is 2.15. The Kier molecular flexibility index (Phi) is 3.93. The highest BCUT2D eigenvalue weighted by atomic mass is 35.7. The largest absolute Gasteiger partial charge is 0.573 e. The van der Waals surface area contributed by atoms with Gasteiger partial charge in [-0.15, -0.1) is 13.2 Å². The molecule has 1 aromatic rings. The molecule has 16 heavy (non-hydrogen) atoms. The van der Waals surface area contributed by atoms with Crippen molar-refractivity contribution in [2.75, 3.05) is 0 Å². The number of hydrogen-bond donors (Lipinski definition) is 0. The minimum absolute atomic E-state index is 0.0529. The van der Waals surface area contributed by atoms with Gasteiger partial charge in [-0.2, -0.15) is 0 Å². The SMILES string of the molecule is O=C(c1ccc(OC(F)(F)F)cc1)S(=O)Cl. The van der Waals surface area contributed by atoms with Gasteiger partial charge in [0.25, 0.3) is 5.12 Å². The summed E-state index contributed by atoms with van der Waals surface area (Å²) in [4.78, 5) is 11.0. The molecule has 0 saturated heterocycles. The third kappa shape index (κ3) is 3.82. The molecule has 1 unspecified atom stereocenters. The molecule has 0 N–H and O–H groups in total. The van der Waals surface area contributed by atoms with Crippen LogP contribution in [0.25, 0.3) is 0 Å². The lowest BCUT2D eigenvalue weighted by Gasteiger charge is -2.08. The molecule has 1 atom stereocenters. The quantitative estimate of drug-likeness (QED) is 0.777. The van der Waals surface area contributed by atoms with Crippen molar-refractivity contribution in [1.29, 1.82) is 0 Å². The number of ether oxygens (including phenoxy) is 1. The average molecular weight is 273 g/mol. The van der Waals surface area contributed by atoms with E-state index in [1.165, 1.54) is 0 Å². The highest BCUT2D eigenvalue weighted by Crippen LogP contribution is 2.23. The van der Waals surface area contributed by atoms with Crippen molar-refractivity contribution in [3.63, 3.8) is 0 Å². The predicted molar refractivity (Wildman–Crippen MR) is 51.5 cm³/mol. The highest BCUT2D eigenvalue weighted by Gasteiger charge is 2.31. The van der Waals surface area contributed by atoms with Gasteiger partial charge in [-0.3, -0.25) is 4.79 Å². The molecule has 88 valence electrons. The van der Waals surface area contributed by atoms with Crippen molar-refractivity contribution in [3.8, 4) is 5.75 Å². The molecular formula is C8H4ClF3O3S. The van der Waals surface area contributed by atoms with Crippen LogP contribution in [0.1, 0.15) is 10.4 Å². The zero-order chi connectivity index (χ0) is 12.3. The lowest BCUT2D eigenvalue weighted by atomic mass is 10.2. The summed E-state index contributed by atoms with van der Waals surface area (Å²) in [6.45, 7) is 0. The van der Waals surface area contributed by atoms with Crippen LogP contribution in [-0.4, -0.2) is 15.7 Å². The Morgan fingerprint density at radius 3 is 2.12 bits per heavy atom. The van der Waals surface area contributed by atoms with Gasteiger partial charge >= 0.3 is 6.36 Å². The first-order chi connectivity index (χ1) is 7.29. The Balaban J connectivity index is 2.84. The standard InChI is InChI=1S/C8H4ClF3O3S/c9-16(14)7(13)5-1-3-6(4-2-5)15-8(10,11)12/h1-4H. The van der Waals surface area contributed by atoms with Crippen LogP contribution in [0.5, 0.6) is 5.75 Å². The molecule has 8 heteroatoms. The Labute approximate surface area is 95.1 Å². The van der Waals surface area contributed by atoms with Crippen LogP contribution >= 0.6 is 10.7 Å². The number of alkyl halides is 3. The van der Waals surface area contributed by atoms with Crippen LogP contribution in [0.2, 0.25) is 0 Å². The minimum atomic E-state index is -4.79. The smallest absolute Gasteiger partial charge is 0.406 e.